The summed E-state index contributed by atoms with van der Waals surface area (Å²) in [7, 11) is 0. The molecule has 0 saturated carbocycles. The van der Waals surface area contributed by atoms with E-state index < -0.39 is 0 Å². The van der Waals surface area contributed by atoms with Gasteiger partial charge < -0.3 is 19.7 Å². The summed E-state index contributed by atoms with van der Waals surface area (Å²) in [4.78, 5) is 19.3. The molecule has 3 heterocycles. The largest absolute Gasteiger partial charge is 0.454 e. The zero-order chi connectivity index (χ0) is 20.3. The average molecular weight is 422 g/mol. The molecule has 0 aliphatic carbocycles. The number of amides is 1. The van der Waals surface area contributed by atoms with Crippen molar-refractivity contribution in [2.75, 3.05) is 31.3 Å². The molecule has 1 N–H and O–H groups in total. The summed E-state index contributed by atoms with van der Waals surface area (Å²) in [5.41, 5.74) is 1.99. The van der Waals surface area contributed by atoms with Crippen LogP contribution in [-0.2, 0) is 4.79 Å². The molecule has 1 fully saturated rings. The minimum atomic E-state index is -0.0683. The van der Waals surface area contributed by atoms with Gasteiger partial charge in [-0.05, 0) is 54.7 Å². The van der Waals surface area contributed by atoms with Crippen LogP contribution in [0.2, 0.25) is 0 Å². The zero-order valence-electron chi connectivity index (χ0n) is 16.5. The van der Waals surface area contributed by atoms with E-state index in [1.54, 1.807) is 23.5 Å². The summed E-state index contributed by atoms with van der Waals surface area (Å²) >= 11 is 1.75. The Hall–Kier alpha value is -3.06. The minimum absolute atomic E-state index is 0.0683. The summed E-state index contributed by atoms with van der Waals surface area (Å²) in [6.45, 7) is 2.92. The number of piperidine rings is 1. The van der Waals surface area contributed by atoms with Gasteiger partial charge in [-0.1, -0.05) is 29.5 Å². The molecule has 0 radical (unpaired) electrons. The fourth-order valence-electron chi connectivity index (χ4n) is 3.82. The lowest BCUT2D eigenvalue weighted by Gasteiger charge is -2.31. The number of para-hydroxylation sites is 1. The molecule has 154 valence electrons. The lowest BCUT2D eigenvalue weighted by Crippen LogP contribution is -2.38. The normalized spacial score (nSPS) is 16.5. The van der Waals surface area contributed by atoms with Crippen LogP contribution in [0.25, 0.3) is 16.3 Å². The summed E-state index contributed by atoms with van der Waals surface area (Å²) in [5.74, 6) is 1.89. The number of nitrogens with zero attached hydrogens (tertiary/aromatic N) is 2. The molecule has 7 heteroatoms. The lowest BCUT2D eigenvalue weighted by atomic mass is 9.97. The first-order chi connectivity index (χ1) is 14.7. The highest BCUT2D eigenvalue weighted by Gasteiger charge is 2.21. The van der Waals surface area contributed by atoms with Crippen molar-refractivity contribution in [1.82, 2.24) is 10.3 Å². The van der Waals surface area contributed by atoms with Gasteiger partial charge in [-0.25, -0.2) is 4.98 Å². The molecule has 30 heavy (non-hydrogen) atoms. The molecular formula is C23H23N3O3S. The van der Waals surface area contributed by atoms with Gasteiger partial charge in [-0.2, -0.15) is 0 Å². The molecule has 1 aromatic heterocycles. The number of fused-ring (bicyclic) bond motifs is 2. The Balaban J connectivity index is 1.09. The van der Waals surface area contributed by atoms with E-state index in [4.69, 9.17) is 14.5 Å². The number of hydrogen-bond donors (Lipinski definition) is 1. The van der Waals surface area contributed by atoms with Gasteiger partial charge in [0.1, 0.15) is 0 Å². The first kappa shape index (κ1) is 18.9. The van der Waals surface area contributed by atoms with Gasteiger partial charge in [-0.3, -0.25) is 4.79 Å². The first-order valence-corrected chi connectivity index (χ1v) is 11.0. The summed E-state index contributed by atoms with van der Waals surface area (Å²) < 4.78 is 11.9. The predicted molar refractivity (Wildman–Crippen MR) is 119 cm³/mol. The summed E-state index contributed by atoms with van der Waals surface area (Å²) in [5, 5.41) is 4.14. The second-order valence-electron chi connectivity index (χ2n) is 7.59. The van der Waals surface area contributed by atoms with Crippen LogP contribution in [0.5, 0.6) is 11.5 Å². The van der Waals surface area contributed by atoms with E-state index in [0.717, 1.165) is 53.6 Å². The predicted octanol–water partition coefficient (Wildman–Crippen LogP) is 4.07. The Morgan fingerprint density at radius 1 is 1.17 bits per heavy atom. The van der Waals surface area contributed by atoms with E-state index in [2.05, 4.69) is 28.4 Å². The molecule has 6 nitrogen and oxygen atoms in total. The third kappa shape index (κ3) is 4.11. The smallest absolute Gasteiger partial charge is 0.244 e. The Morgan fingerprint density at radius 3 is 2.87 bits per heavy atom. The first-order valence-electron chi connectivity index (χ1n) is 10.2. The topological polar surface area (TPSA) is 63.7 Å². The van der Waals surface area contributed by atoms with E-state index in [1.165, 1.54) is 4.70 Å². The van der Waals surface area contributed by atoms with Gasteiger partial charge in [-0.15, -0.1) is 0 Å². The SMILES string of the molecule is O=C(/C=C/c1ccc2c(c1)OCO2)NCC1CCN(c2nc3ccccc3s2)CC1. The van der Waals surface area contributed by atoms with Gasteiger partial charge in [0.05, 0.1) is 10.2 Å². The number of ether oxygens (including phenoxy) is 2. The number of carbonyl (C=O) groups is 1. The van der Waals surface area contributed by atoms with Gasteiger partial charge in [0.15, 0.2) is 16.6 Å². The maximum absolute atomic E-state index is 12.2. The molecule has 2 aliphatic heterocycles. The molecule has 3 aromatic rings. The van der Waals surface area contributed by atoms with Crippen molar-refractivity contribution in [3.8, 4) is 11.5 Å². The highest BCUT2D eigenvalue weighted by Crippen LogP contribution is 2.33. The maximum atomic E-state index is 12.2. The average Bonchev–Trinajstić information content (AvgIpc) is 3.43. The molecule has 0 bridgehead atoms. The van der Waals surface area contributed by atoms with Crippen LogP contribution in [0.4, 0.5) is 5.13 Å². The standard InChI is InChI=1S/C23H23N3O3S/c27-22(8-6-16-5-7-19-20(13-16)29-15-28-19)24-14-17-9-11-26(12-10-17)23-25-18-3-1-2-4-21(18)30-23/h1-8,13,17H,9-12,14-15H2,(H,24,27)/b8-6+. The third-order valence-corrected chi connectivity index (χ3v) is 6.65. The number of thiazole rings is 1. The van der Waals surface area contributed by atoms with E-state index in [0.29, 0.717) is 12.5 Å². The monoisotopic (exact) mass is 421 g/mol. The number of aromatic nitrogens is 1. The second kappa shape index (κ2) is 8.36. The molecule has 5 rings (SSSR count). The van der Waals surface area contributed by atoms with Crippen LogP contribution in [0.1, 0.15) is 18.4 Å². The van der Waals surface area contributed by atoms with Crippen molar-refractivity contribution in [1.29, 1.82) is 0 Å². The second-order valence-corrected chi connectivity index (χ2v) is 8.59. The van der Waals surface area contributed by atoms with E-state index in [9.17, 15) is 4.79 Å². The summed E-state index contributed by atoms with van der Waals surface area (Å²) in [6, 6.07) is 13.9. The van der Waals surface area contributed by atoms with Crippen molar-refractivity contribution >= 4 is 38.7 Å². The van der Waals surface area contributed by atoms with Crippen LogP contribution in [-0.4, -0.2) is 37.3 Å². The summed E-state index contributed by atoms with van der Waals surface area (Å²) in [6.07, 6.45) is 5.49. The number of hydrogen-bond acceptors (Lipinski definition) is 6. The van der Waals surface area contributed by atoms with Gasteiger partial charge >= 0.3 is 0 Å². The highest BCUT2D eigenvalue weighted by molar-refractivity contribution is 7.22. The van der Waals surface area contributed by atoms with Crippen molar-refractivity contribution in [3.05, 3.63) is 54.1 Å². The van der Waals surface area contributed by atoms with Gasteiger partial charge in [0.25, 0.3) is 0 Å². The van der Waals surface area contributed by atoms with Crippen molar-refractivity contribution in [2.24, 2.45) is 5.92 Å². The van der Waals surface area contributed by atoms with Crippen LogP contribution < -0.4 is 19.7 Å². The fraction of sp³-hybridized carbons (Fsp3) is 0.304. The Kier molecular flexibility index (Phi) is 5.27. The minimum Gasteiger partial charge on any atom is -0.454 e. The van der Waals surface area contributed by atoms with Crippen LogP contribution in [0.3, 0.4) is 0 Å². The number of carbonyl (C=O) groups excluding carboxylic acids is 1. The van der Waals surface area contributed by atoms with Crippen LogP contribution in [0.15, 0.2) is 48.5 Å². The molecule has 1 saturated heterocycles. The van der Waals surface area contributed by atoms with Crippen molar-refractivity contribution in [2.45, 2.75) is 12.8 Å². The third-order valence-electron chi connectivity index (χ3n) is 5.56. The molecular weight excluding hydrogens is 398 g/mol. The van der Waals surface area contributed by atoms with Crippen molar-refractivity contribution in [3.63, 3.8) is 0 Å². The molecule has 2 aromatic carbocycles. The fourth-order valence-corrected chi connectivity index (χ4v) is 4.83. The van der Waals surface area contributed by atoms with E-state index in [-0.39, 0.29) is 12.7 Å². The number of nitrogens with one attached hydrogen (secondary N) is 1. The molecule has 1 amide bonds. The van der Waals surface area contributed by atoms with Crippen molar-refractivity contribution < 1.29 is 14.3 Å². The number of benzene rings is 2. The zero-order valence-corrected chi connectivity index (χ0v) is 17.4. The Bertz CT molecular complexity index is 1050. The number of rotatable bonds is 5. The van der Waals surface area contributed by atoms with Gasteiger partial charge in [0, 0.05) is 25.7 Å². The number of anilines is 1. The molecule has 2 aliphatic rings. The molecule has 0 atom stereocenters. The van der Waals surface area contributed by atoms with E-state index in [1.807, 2.05) is 24.3 Å². The Labute approximate surface area is 179 Å². The van der Waals surface area contributed by atoms with Gasteiger partial charge in [0.2, 0.25) is 12.7 Å². The van der Waals surface area contributed by atoms with Crippen LogP contribution >= 0.6 is 11.3 Å². The Morgan fingerprint density at radius 2 is 2.00 bits per heavy atom. The van der Waals surface area contributed by atoms with E-state index >= 15 is 0 Å². The van der Waals surface area contributed by atoms with Crippen LogP contribution in [0, 0.1) is 5.92 Å². The highest BCUT2D eigenvalue weighted by atomic mass is 32.1. The molecule has 0 spiro atoms. The quantitative estimate of drug-likeness (QED) is 0.629. The maximum Gasteiger partial charge on any atom is 0.244 e. The molecule has 0 unspecified atom stereocenters. The lowest BCUT2D eigenvalue weighted by molar-refractivity contribution is -0.116.